The van der Waals surface area contributed by atoms with Crippen molar-refractivity contribution in [3.8, 4) is 5.82 Å². The Balaban J connectivity index is 2.66. The van der Waals surface area contributed by atoms with Crippen LogP contribution in [0.1, 0.15) is 13.3 Å². The van der Waals surface area contributed by atoms with E-state index >= 15 is 0 Å². The number of nitrogens with zero attached hydrogens (tertiary/aromatic N) is 5. The van der Waals surface area contributed by atoms with E-state index in [1.54, 1.807) is 24.1 Å². The molecule has 0 saturated carbocycles. The maximum Gasteiger partial charge on any atom is 0.182 e. The van der Waals surface area contributed by atoms with Gasteiger partial charge in [0.25, 0.3) is 0 Å². The first kappa shape index (κ1) is 15.2. The van der Waals surface area contributed by atoms with E-state index < -0.39 is 9.84 Å². The van der Waals surface area contributed by atoms with Crippen LogP contribution in [0.25, 0.3) is 5.82 Å². The molecule has 0 atom stereocenters. The van der Waals surface area contributed by atoms with E-state index in [1.807, 2.05) is 6.92 Å². The van der Waals surface area contributed by atoms with Gasteiger partial charge in [-0.3, -0.25) is 0 Å². The Hall–Kier alpha value is -2.16. The average molecular weight is 310 g/mol. The van der Waals surface area contributed by atoms with Crippen LogP contribution < -0.4 is 10.6 Å². The molecule has 0 spiro atoms. The first-order chi connectivity index (χ1) is 9.86. The zero-order valence-electron chi connectivity index (χ0n) is 12.2. The molecule has 0 aliphatic carbocycles. The van der Waals surface area contributed by atoms with Gasteiger partial charge in [-0.05, 0) is 18.6 Å². The third-order valence-electron chi connectivity index (χ3n) is 2.93. The maximum atomic E-state index is 12.0. The van der Waals surface area contributed by atoms with Crippen molar-refractivity contribution in [2.45, 2.75) is 18.2 Å². The fourth-order valence-electron chi connectivity index (χ4n) is 2.03. The van der Waals surface area contributed by atoms with Gasteiger partial charge in [-0.15, -0.1) is 10.2 Å². The van der Waals surface area contributed by atoms with Crippen molar-refractivity contribution >= 4 is 21.5 Å². The average Bonchev–Trinajstić information content (AvgIpc) is 2.77. The highest BCUT2D eigenvalue weighted by atomic mass is 32.2. The highest BCUT2D eigenvalue weighted by Crippen LogP contribution is 2.30. The molecule has 21 heavy (non-hydrogen) atoms. The molecule has 0 aliphatic heterocycles. The number of nitrogens with two attached hydrogens (primary N) is 1. The molecule has 0 aromatic carbocycles. The number of anilines is 2. The molecule has 8 nitrogen and oxygen atoms in total. The monoisotopic (exact) mass is 310 g/mol. The third kappa shape index (κ3) is 2.97. The predicted molar refractivity (Wildman–Crippen MR) is 80.2 cm³/mol. The fourth-order valence-corrected chi connectivity index (χ4v) is 3.03. The number of hydrogen-bond donors (Lipinski definition) is 1. The van der Waals surface area contributed by atoms with Gasteiger partial charge in [0.1, 0.15) is 5.82 Å². The Morgan fingerprint density at radius 1 is 1.43 bits per heavy atom. The largest absolute Gasteiger partial charge is 0.382 e. The van der Waals surface area contributed by atoms with E-state index in [0.29, 0.717) is 18.2 Å². The van der Waals surface area contributed by atoms with Crippen LogP contribution >= 0.6 is 0 Å². The van der Waals surface area contributed by atoms with Crippen LogP contribution in [0.5, 0.6) is 0 Å². The molecule has 0 radical (unpaired) electrons. The summed E-state index contributed by atoms with van der Waals surface area (Å²) < 4.78 is 25.4. The van der Waals surface area contributed by atoms with Crippen molar-refractivity contribution in [2.75, 3.05) is 30.5 Å². The fraction of sp³-hybridized carbons (Fsp3) is 0.417. The number of sulfone groups is 1. The molecular weight excluding hydrogens is 292 g/mol. The topological polar surface area (TPSA) is 107 Å². The number of nitrogen functional groups attached to an aromatic ring is 1. The van der Waals surface area contributed by atoms with Crippen LogP contribution in [0.2, 0.25) is 0 Å². The van der Waals surface area contributed by atoms with Crippen molar-refractivity contribution in [1.82, 2.24) is 20.0 Å². The minimum atomic E-state index is -3.51. The van der Waals surface area contributed by atoms with Gasteiger partial charge in [0.15, 0.2) is 26.4 Å². The molecule has 0 bridgehead atoms. The summed E-state index contributed by atoms with van der Waals surface area (Å²) >= 11 is 0. The van der Waals surface area contributed by atoms with E-state index in [1.165, 1.54) is 10.9 Å². The van der Waals surface area contributed by atoms with Crippen LogP contribution in [0.4, 0.5) is 11.6 Å². The Morgan fingerprint density at radius 2 is 2.14 bits per heavy atom. The van der Waals surface area contributed by atoms with Crippen LogP contribution in [0.15, 0.2) is 23.2 Å². The molecule has 0 saturated heterocycles. The van der Waals surface area contributed by atoms with Crippen LogP contribution in [0, 0.1) is 0 Å². The normalized spacial score (nSPS) is 11.6. The second-order valence-electron chi connectivity index (χ2n) is 4.73. The zero-order chi connectivity index (χ0) is 15.6. The van der Waals surface area contributed by atoms with Gasteiger partial charge in [-0.1, -0.05) is 6.92 Å². The summed E-state index contributed by atoms with van der Waals surface area (Å²) in [6.45, 7) is 2.67. The minimum Gasteiger partial charge on any atom is -0.382 e. The van der Waals surface area contributed by atoms with Crippen molar-refractivity contribution in [3.05, 3.63) is 18.3 Å². The van der Waals surface area contributed by atoms with Gasteiger partial charge in [-0.2, -0.15) is 9.78 Å². The SMILES string of the molecule is CCCN(C)c1nn(-c2cccnn2)c(N)c1S(C)(=O)=O. The summed E-state index contributed by atoms with van der Waals surface area (Å²) in [5.41, 5.74) is 5.98. The lowest BCUT2D eigenvalue weighted by Gasteiger charge is -2.16. The Labute approximate surface area is 123 Å². The summed E-state index contributed by atoms with van der Waals surface area (Å²) in [6, 6.07) is 3.34. The van der Waals surface area contributed by atoms with Gasteiger partial charge in [0, 0.05) is 26.0 Å². The first-order valence-electron chi connectivity index (χ1n) is 6.44. The molecule has 2 aromatic heterocycles. The van der Waals surface area contributed by atoms with Gasteiger partial charge < -0.3 is 10.6 Å². The van der Waals surface area contributed by atoms with Crippen molar-refractivity contribution < 1.29 is 8.42 Å². The van der Waals surface area contributed by atoms with Crippen molar-refractivity contribution in [3.63, 3.8) is 0 Å². The Morgan fingerprint density at radius 3 is 2.67 bits per heavy atom. The zero-order valence-corrected chi connectivity index (χ0v) is 13.0. The van der Waals surface area contributed by atoms with E-state index in [0.717, 1.165) is 12.7 Å². The van der Waals surface area contributed by atoms with Gasteiger partial charge in [-0.25, -0.2) is 8.42 Å². The Kier molecular flexibility index (Phi) is 4.12. The number of rotatable bonds is 5. The minimum absolute atomic E-state index is 0.0177. The van der Waals surface area contributed by atoms with E-state index in [-0.39, 0.29) is 10.7 Å². The molecule has 2 heterocycles. The lowest BCUT2D eigenvalue weighted by Crippen LogP contribution is -2.20. The molecule has 2 rings (SSSR count). The number of hydrogen-bond acceptors (Lipinski definition) is 7. The second kappa shape index (κ2) is 5.68. The molecule has 0 unspecified atom stereocenters. The second-order valence-corrected chi connectivity index (χ2v) is 6.68. The standard InChI is InChI=1S/C12H18N6O2S/c1-4-8-17(2)12-10(21(3,19)20)11(13)18(16-12)9-6-5-7-14-15-9/h5-7H,4,8,13H2,1-3H3. The van der Waals surface area contributed by atoms with Gasteiger partial charge >= 0.3 is 0 Å². The summed E-state index contributed by atoms with van der Waals surface area (Å²) in [5, 5.41) is 12.0. The molecule has 0 fully saturated rings. The highest BCUT2D eigenvalue weighted by Gasteiger charge is 2.27. The number of aromatic nitrogens is 4. The van der Waals surface area contributed by atoms with Crippen molar-refractivity contribution in [2.24, 2.45) is 0 Å². The predicted octanol–water partition coefficient (Wildman–Crippen LogP) is 0.494. The van der Waals surface area contributed by atoms with Crippen LogP contribution in [-0.4, -0.2) is 48.2 Å². The smallest absolute Gasteiger partial charge is 0.182 e. The molecular formula is C12H18N6O2S. The van der Waals surface area contributed by atoms with E-state index in [9.17, 15) is 8.42 Å². The lowest BCUT2D eigenvalue weighted by atomic mass is 10.4. The molecule has 2 aromatic rings. The van der Waals surface area contributed by atoms with Gasteiger partial charge in [0.2, 0.25) is 0 Å². The quantitative estimate of drug-likeness (QED) is 0.856. The summed E-state index contributed by atoms with van der Waals surface area (Å²) in [5.74, 6) is 0.731. The highest BCUT2D eigenvalue weighted by molar-refractivity contribution is 7.91. The molecule has 2 N–H and O–H groups in total. The van der Waals surface area contributed by atoms with Crippen LogP contribution in [-0.2, 0) is 9.84 Å². The molecule has 0 aliphatic rings. The van der Waals surface area contributed by atoms with E-state index in [4.69, 9.17) is 5.73 Å². The van der Waals surface area contributed by atoms with Crippen molar-refractivity contribution in [1.29, 1.82) is 0 Å². The van der Waals surface area contributed by atoms with Gasteiger partial charge in [0.05, 0.1) is 0 Å². The third-order valence-corrected chi connectivity index (χ3v) is 4.06. The summed E-state index contributed by atoms with van der Waals surface area (Å²) in [4.78, 5) is 1.78. The molecule has 0 amide bonds. The summed E-state index contributed by atoms with van der Waals surface area (Å²) in [6.07, 6.45) is 3.49. The Bertz CT molecular complexity index is 726. The van der Waals surface area contributed by atoms with E-state index in [2.05, 4.69) is 15.3 Å². The maximum absolute atomic E-state index is 12.0. The molecule has 114 valence electrons. The lowest BCUT2D eigenvalue weighted by molar-refractivity contribution is 0.602. The first-order valence-corrected chi connectivity index (χ1v) is 8.33. The molecule has 9 heteroatoms. The summed E-state index contributed by atoms with van der Waals surface area (Å²) in [7, 11) is -1.73. The van der Waals surface area contributed by atoms with Crippen LogP contribution in [0.3, 0.4) is 0 Å².